The van der Waals surface area contributed by atoms with Gasteiger partial charge in [0.2, 0.25) is 5.91 Å². The molecule has 0 aromatic heterocycles. The van der Waals surface area contributed by atoms with Crippen LogP contribution in [0.4, 0.5) is 0 Å². The fourth-order valence-corrected chi connectivity index (χ4v) is 3.16. The second kappa shape index (κ2) is 4.78. The lowest BCUT2D eigenvalue weighted by Gasteiger charge is -2.54. The molecule has 5 nitrogen and oxygen atoms in total. The van der Waals surface area contributed by atoms with Crippen LogP contribution in [0.1, 0.15) is 33.6 Å². The Hall–Kier alpha value is -1.10. The van der Waals surface area contributed by atoms with Gasteiger partial charge in [0, 0.05) is 25.1 Å². The highest BCUT2D eigenvalue weighted by Crippen LogP contribution is 2.48. The van der Waals surface area contributed by atoms with Crippen molar-refractivity contribution in [1.29, 1.82) is 0 Å². The van der Waals surface area contributed by atoms with Gasteiger partial charge < -0.3 is 14.7 Å². The summed E-state index contributed by atoms with van der Waals surface area (Å²) in [5, 5.41) is 8.89. The second-order valence-corrected chi connectivity index (χ2v) is 6.25. The Labute approximate surface area is 113 Å². The quantitative estimate of drug-likeness (QED) is 0.818. The van der Waals surface area contributed by atoms with Crippen molar-refractivity contribution in [2.45, 2.75) is 45.8 Å². The number of hydrogen-bond donors (Lipinski definition) is 1. The van der Waals surface area contributed by atoms with Crippen molar-refractivity contribution in [3.8, 4) is 0 Å². The number of rotatable bonds is 5. The van der Waals surface area contributed by atoms with Crippen molar-refractivity contribution < 1.29 is 19.4 Å². The number of ether oxygens (including phenoxy) is 1. The maximum absolute atomic E-state index is 12.2. The van der Waals surface area contributed by atoms with Gasteiger partial charge in [-0.3, -0.25) is 9.59 Å². The molecule has 108 valence electrons. The first-order valence-electron chi connectivity index (χ1n) is 6.91. The van der Waals surface area contributed by atoms with Crippen LogP contribution in [0.2, 0.25) is 0 Å². The minimum Gasteiger partial charge on any atom is -0.481 e. The van der Waals surface area contributed by atoms with Gasteiger partial charge in [-0.25, -0.2) is 0 Å². The van der Waals surface area contributed by atoms with E-state index in [-0.39, 0.29) is 29.4 Å². The van der Waals surface area contributed by atoms with Crippen LogP contribution in [-0.4, -0.2) is 47.7 Å². The van der Waals surface area contributed by atoms with Crippen molar-refractivity contribution in [2.24, 2.45) is 17.3 Å². The predicted octanol–water partition coefficient (Wildman–Crippen LogP) is 1.37. The molecule has 4 atom stereocenters. The first-order chi connectivity index (χ1) is 8.80. The summed E-state index contributed by atoms with van der Waals surface area (Å²) in [6, 6.07) is 0.145. The molecule has 0 spiro atoms. The van der Waals surface area contributed by atoms with Gasteiger partial charge in [-0.15, -0.1) is 0 Å². The van der Waals surface area contributed by atoms with Gasteiger partial charge in [-0.05, 0) is 19.8 Å². The first-order valence-corrected chi connectivity index (χ1v) is 6.91. The number of aliphatic carboxylic acids is 1. The maximum atomic E-state index is 12.2. The van der Waals surface area contributed by atoms with Crippen molar-refractivity contribution in [2.75, 3.05) is 13.7 Å². The maximum Gasteiger partial charge on any atom is 0.307 e. The molecule has 2 rings (SSSR count). The number of carboxylic acid groups (broad SMARTS) is 1. The molecule has 1 N–H and O–H groups in total. The summed E-state index contributed by atoms with van der Waals surface area (Å²) in [7, 11) is 1.79. The van der Waals surface area contributed by atoms with Crippen LogP contribution in [0.3, 0.4) is 0 Å². The van der Waals surface area contributed by atoms with Gasteiger partial charge in [0.05, 0.1) is 17.9 Å². The zero-order valence-corrected chi connectivity index (χ0v) is 12.0. The van der Waals surface area contributed by atoms with Crippen LogP contribution in [-0.2, 0) is 14.3 Å². The molecule has 4 unspecified atom stereocenters. The Morgan fingerprint density at radius 2 is 1.95 bits per heavy atom. The molecule has 2 aliphatic rings. The zero-order chi connectivity index (χ0) is 14.4. The van der Waals surface area contributed by atoms with Crippen LogP contribution in [0.5, 0.6) is 0 Å². The molecule has 5 heteroatoms. The Morgan fingerprint density at radius 3 is 2.37 bits per heavy atom. The normalized spacial score (nSPS) is 35.4. The van der Waals surface area contributed by atoms with Crippen molar-refractivity contribution >= 4 is 11.9 Å². The van der Waals surface area contributed by atoms with Crippen molar-refractivity contribution in [1.82, 2.24) is 4.90 Å². The van der Waals surface area contributed by atoms with E-state index in [4.69, 9.17) is 9.84 Å². The Bertz CT molecular complexity index is 393. The molecular weight excluding hydrogens is 246 g/mol. The van der Waals surface area contributed by atoms with E-state index < -0.39 is 11.9 Å². The first kappa shape index (κ1) is 14.3. The van der Waals surface area contributed by atoms with E-state index in [1.807, 2.05) is 6.92 Å². The predicted molar refractivity (Wildman–Crippen MR) is 69.6 cm³/mol. The topological polar surface area (TPSA) is 66.8 Å². The van der Waals surface area contributed by atoms with Crippen LogP contribution in [0, 0.1) is 17.3 Å². The minimum absolute atomic E-state index is 0.0274. The second-order valence-electron chi connectivity index (χ2n) is 6.25. The number of carbonyl (C=O) groups excluding carboxylic acids is 1. The summed E-state index contributed by atoms with van der Waals surface area (Å²) < 4.78 is 5.66. The Morgan fingerprint density at radius 1 is 1.32 bits per heavy atom. The lowest BCUT2D eigenvalue weighted by Crippen LogP contribution is -2.62. The van der Waals surface area contributed by atoms with Crippen LogP contribution in [0.15, 0.2) is 0 Å². The van der Waals surface area contributed by atoms with Gasteiger partial charge in [-0.2, -0.15) is 0 Å². The van der Waals surface area contributed by atoms with Crippen molar-refractivity contribution in [3.63, 3.8) is 0 Å². The summed E-state index contributed by atoms with van der Waals surface area (Å²) >= 11 is 0. The van der Waals surface area contributed by atoms with E-state index in [1.165, 1.54) is 0 Å². The molecule has 1 amide bonds. The zero-order valence-electron chi connectivity index (χ0n) is 12.0. The lowest BCUT2D eigenvalue weighted by molar-refractivity contribution is -0.165. The smallest absolute Gasteiger partial charge is 0.307 e. The highest BCUT2D eigenvalue weighted by molar-refractivity contribution is 5.89. The molecule has 0 radical (unpaired) electrons. The number of nitrogens with zero attached hydrogens (tertiary/aromatic N) is 1. The summed E-state index contributed by atoms with van der Waals surface area (Å²) in [5.74, 6) is -1.67. The fraction of sp³-hybridized carbons (Fsp3) is 0.857. The van der Waals surface area contributed by atoms with Crippen LogP contribution in [0.25, 0.3) is 0 Å². The summed E-state index contributed by atoms with van der Waals surface area (Å²) in [6.45, 7) is 6.86. The van der Waals surface area contributed by atoms with E-state index in [0.29, 0.717) is 13.0 Å². The average molecular weight is 269 g/mol. The lowest BCUT2D eigenvalue weighted by atomic mass is 9.63. The van der Waals surface area contributed by atoms with E-state index in [9.17, 15) is 9.59 Å². The van der Waals surface area contributed by atoms with Crippen LogP contribution >= 0.6 is 0 Å². The molecule has 0 aromatic rings. The van der Waals surface area contributed by atoms with Crippen LogP contribution < -0.4 is 0 Å². The average Bonchev–Trinajstić information content (AvgIpc) is 3.12. The van der Waals surface area contributed by atoms with Gasteiger partial charge in [0.15, 0.2) is 0 Å². The SMILES string of the molecule is CCOC1CC(N(C)C(=O)C2CC2C(=O)O)C1(C)C. The monoisotopic (exact) mass is 269 g/mol. The molecule has 19 heavy (non-hydrogen) atoms. The van der Waals surface area contributed by atoms with E-state index in [1.54, 1.807) is 11.9 Å². The van der Waals surface area contributed by atoms with Gasteiger partial charge in [0.1, 0.15) is 0 Å². The molecule has 0 bridgehead atoms. The third-order valence-corrected chi connectivity index (χ3v) is 4.73. The standard InChI is InChI=1S/C14H23NO4/c1-5-19-11-7-10(14(11,2)3)15(4)12(16)8-6-9(8)13(17)18/h8-11H,5-7H2,1-4H3,(H,17,18). The molecule has 2 aliphatic carbocycles. The molecule has 2 fully saturated rings. The fourth-order valence-electron chi connectivity index (χ4n) is 3.16. The number of carboxylic acids is 1. The third kappa shape index (κ3) is 2.36. The highest BCUT2D eigenvalue weighted by atomic mass is 16.5. The van der Waals surface area contributed by atoms with E-state index in [0.717, 1.165) is 6.42 Å². The highest BCUT2D eigenvalue weighted by Gasteiger charge is 2.55. The molecule has 0 saturated heterocycles. The number of carbonyl (C=O) groups is 2. The summed E-state index contributed by atoms with van der Waals surface area (Å²) in [6.07, 6.45) is 1.51. The van der Waals surface area contributed by atoms with Gasteiger partial charge in [0.25, 0.3) is 0 Å². The van der Waals surface area contributed by atoms with E-state index in [2.05, 4.69) is 13.8 Å². The van der Waals surface area contributed by atoms with E-state index >= 15 is 0 Å². The van der Waals surface area contributed by atoms with Crippen molar-refractivity contribution in [3.05, 3.63) is 0 Å². The third-order valence-electron chi connectivity index (χ3n) is 4.73. The Balaban J connectivity index is 1.93. The largest absolute Gasteiger partial charge is 0.481 e. The molecule has 0 aromatic carbocycles. The molecular formula is C14H23NO4. The minimum atomic E-state index is -0.855. The number of amides is 1. The molecule has 2 saturated carbocycles. The van der Waals surface area contributed by atoms with Gasteiger partial charge >= 0.3 is 5.97 Å². The van der Waals surface area contributed by atoms with Gasteiger partial charge in [-0.1, -0.05) is 13.8 Å². The molecule has 0 aliphatic heterocycles. The summed E-state index contributed by atoms with van der Waals surface area (Å²) in [5.41, 5.74) is -0.0615. The summed E-state index contributed by atoms with van der Waals surface area (Å²) in [4.78, 5) is 24.8. The Kier molecular flexibility index (Phi) is 3.60. The molecule has 0 heterocycles. The number of hydrogen-bond acceptors (Lipinski definition) is 3.